The molecule has 6 heteroatoms. The first-order chi connectivity index (χ1) is 58.9. The Hall–Kier alpha value is -13.6. The van der Waals surface area contributed by atoms with Crippen molar-refractivity contribution in [3.63, 3.8) is 0 Å². The second-order valence-corrected chi connectivity index (χ2v) is 35.2. The predicted octanol–water partition coefficient (Wildman–Crippen LogP) is 35.2. The maximum Gasteiger partial charge on any atom is 0.143 e. The maximum absolute atomic E-state index is 6.09. The second kappa shape index (κ2) is 33.8. The average molecular weight is 1610 g/mol. The molecule has 24 rings (SSSR count). The first-order valence-electron chi connectivity index (χ1n) is 40.8. The Kier molecular flexibility index (Phi) is 21.5. The Morgan fingerprint density at radius 1 is 0.167 bits per heavy atom. The molecule has 0 fully saturated rings. The fourth-order valence-corrected chi connectivity index (χ4v) is 21.0. The highest BCUT2D eigenvalue weighted by Crippen LogP contribution is 2.44. The zero-order chi connectivity index (χ0) is 81.2. The molecule has 0 saturated carbocycles. The minimum absolute atomic E-state index is 0.947. The molecule has 0 atom stereocenters. The molecule has 0 amide bonds. The molecule has 18 aromatic carbocycles. The van der Waals surface area contributed by atoms with Crippen LogP contribution in [-0.4, -0.2) is 0 Å². The third kappa shape index (κ3) is 15.6. The Morgan fingerprint density at radius 3 is 0.992 bits per heavy atom. The van der Waals surface area contributed by atoms with Gasteiger partial charge >= 0.3 is 0 Å². The third-order valence-electron chi connectivity index (χ3n) is 22.7. The van der Waals surface area contributed by atoms with E-state index in [-0.39, 0.29) is 0 Å². The summed E-state index contributed by atoms with van der Waals surface area (Å²) >= 11 is 7.49. The van der Waals surface area contributed by atoms with Crippen LogP contribution in [0.15, 0.2) is 409 Å². The smallest absolute Gasteiger partial charge is 0.143 e. The monoisotopic (exact) mass is 1610 g/mol. The molecular formula is C114H84O2S4. The largest absolute Gasteiger partial charge is 0.455 e. The van der Waals surface area contributed by atoms with E-state index in [0.29, 0.717) is 0 Å². The summed E-state index contributed by atoms with van der Waals surface area (Å²) in [6, 6.07) is 143. The van der Waals surface area contributed by atoms with Crippen LogP contribution in [0.4, 0.5) is 0 Å². The molecule has 0 spiro atoms. The van der Waals surface area contributed by atoms with Crippen molar-refractivity contribution in [3.05, 3.63) is 434 Å². The summed E-state index contributed by atoms with van der Waals surface area (Å²) in [5.74, 6) is 0. The van der Waals surface area contributed by atoms with Crippen LogP contribution in [0, 0.1) is 41.5 Å². The summed E-state index contributed by atoms with van der Waals surface area (Å²) in [4.78, 5) is 0. The van der Waals surface area contributed by atoms with E-state index in [1.807, 2.05) is 69.6 Å². The van der Waals surface area contributed by atoms with Crippen LogP contribution in [-0.2, 0) is 0 Å². The highest BCUT2D eigenvalue weighted by atomic mass is 32.1. The molecule has 6 aromatic heterocycles. The molecule has 0 aliphatic carbocycles. The van der Waals surface area contributed by atoms with Gasteiger partial charge in [-0.05, 0) is 181 Å². The summed E-state index contributed by atoms with van der Waals surface area (Å²) < 4.78 is 23.1. The Balaban J connectivity index is 0.0000000952. The van der Waals surface area contributed by atoms with Crippen molar-refractivity contribution in [1.29, 1.82) is 0 Å². The number of furan rings is 2. The number of fused-ring (bicyclic) bond motifs is 18. The van der Waals surface area contributed by atoms with Crippen molar-refractivity contribution in [3.8, 4) is 66.8 Å². The van der Waals surface area contributed by atoms with E-state index in [1.165, 1.54) is 191 Å². The molecule has 120 heavy (non-hydrogen) atoms. The van der Waals surface area contributed by atoms with E-state index in [2.05, 4.69) is 418 Å². The van der Waals surface area contributed by atoms with Crippen molar-refractivity contribution in [1.82, 2.24) is 0 Å². The van der Waals surface area contributed by atoms with Gasteiger partial charge in [-0.2, -0.15) is 0 Å². The highest BCUT2D eigenvalue weighted by molar-refractivity contribution is 7.27. The topological polar surface area (TPSA) is 26.3 Å². The fourth-order valence-electron chi connectivity index (χ4n) is 16.5. The van der Waals surface area contributed by atoms with Gasteiger partial charge in [-0.3, -0.25) is 0 Å². The third-order valence-corrected chi connectivity index (χ3v) is 27.3. The Bertz CT molecular complexity index is 7840. The predicted molar refractivity (Wildman–Crippen MR) is 526 cm³/mol. The van der Waals surface area contributed by atoms with Crippen molar-refractivity contribution in [2.24, 2.45) is 0 Å². The van der Waals surface area contributed by atoms with Gasteiger partial charge in [0.2, 0.25) is 0 Å². The van der Waals surface area contributed by atoms with Crippen LogP contribution in [0.25, 0.3) is 191 Å². The van der Waals surface area contributed by atoms with Gasteiger partial charge in [0.05, 0.1) is 0 Å². The van der Waals surface area contributed by atoms with Crippen LogP contribution >= 0.6 is 45.3 Å². The second-order valence-electron chi connectivity index (χ2n) is 30.9. The minimum atomic E-state index is 0.947. The maximum atomic E-state index is 6.09. The molecule has 576 valence electrons. The zero-order valence-electron chi connectivity index (χ0n) is 67.6. The van der Waals surface area contributed by atoms with Crippen molar-refractivity contribution in [2.75, 3.05) is 0 Å². The van der Waals surface area contributed by atoms with Crippen molar-refractivity contribution in [2.45, 2.75) is 41.5 Å². The van der Waals surface area contributed by atoms with E-state index in [4.69, 9.17) is 8.83 Å². The Labute approximate surface area is 715 Å². The van der Waals surface area contributed by atoms with Crippen LogP contribution in [0.5, 0.6) is 0 Å². The molecule has 0 N–H and O–H groups in total. The van der Waals surface area contributed by atoms with Crippen LogP contribution in [0.1, 0.15) is 33.4 Å². The molecule has 6 heterocycles. The van der Waals surface area contributed by atoms with Gasteiger partial charge < -0.3 is 8.83 Å². The summed E-state index contributed by atoms with van der Waals surface area (Å²) in [7, 11) is 0. The molecular weight excluding hydrogens is 1530 g/mol. The lowest BCUT2D eigenvalue weighted by Crippen LogP contribution is -1.82. The van der Waals surface area contributed by atoms with Crippen LogP contribution in [0.3, 0.4) is 0 Å². The quantitative estimate of drug-likeness (QED) is 0.166. The van der Waals surface area contributed by atoms with E-state index in [1.54, 1.807) is 0 Å². The van der Waals surface area contributed by atoms with E-state index in [9.17, 15) is 0 Å². The first-order valence-corrected chi connectivity index (χ1v) is 44.1. The number of thiophene rings is 4. The molecule has 0 radical (unpaired) electrons. The standard InChI is InChI=1S/2C19H14O.4C19H14S/c1-13-6-4-7-14(12-13)15-9-5-10-17-16-8-2-3-11-18(16)20-19(15)17;1-13-7-2-3-8-14(13)16-10-6-11-17-15-9-4-5-12-18(15)20-19(16)17;1-13-5-4-6-14(11-13)15-9-10-19-17(12-15)16-7-2-3-8-18(16)20-19;1-13-6-2-3-7-15(13)14-10-11-19-17(12-14)16-8-4-5-9-18(16)20-19;1-13-9-11-14(12-10-13)15-6-4-7-17-16-5-2-3-8-18(16)20-19(15)17;1-13-6-8-14(9-7-13)15-10-11-19-17(12-15)16-4-2-3-5-18(16)20-19/h6*2-12H,1H3. The van der Waals surface area contributed by atoms with Crippen molar-refractivity contribution < 1.29 is 8.83 Å². The summed E-state index contributed by atoms with van der Waals surface area (Å²) in [6.45, 7) is 12.8. The number of aryl methyl sites for hydroxylation is 6. The van der Waals surface area contributed by atoms with Gasteiger partial charge in [-0.1, -0.05) is 350 Å². The molecule has 24 aromatic rings. The first kappa shape index (κ1) is 76.4. The van der Waals surface area contributed by atoms with Gasteiger partial charge in [0, 0.05) is 113 Å². The molecule has 2 nitrogen and oxygen atoms in total. The number of rotatable bonds is 6. The summed E-state index contributed by atoms with van der Waals surface area (Å²) in [5, 5.41) is 15.6. The lowest BCUT2D eigenvalue weighted by Gasteiger charge is -2.06. The minimum Gasteiger partial charge on any atom is -0.455 e. The van der Waals surface area contributed by atoms with Gasteiger partial charge in [-0.25, -0.2) is 0 Å². The van der Waals surface area contributed by atoms with Gasteiger partial charge in [0.15, 0.2) is 0 Å². The van der Waals surface area contributed by atoms with E-state index >= 15 is 0 Å². The Morgan fingerprint density at radius 2 is 0.483 bits per heavy atom. The molecule has 0 aliphatic heterocycles. The van der Waals surface area contributed by atoms with Crippen molar-refractivity contribution >= 4 is 170 Å². The zero-order valence-corrected chi connectivity index (χ0v) is 70.8. The number of para-hydroxylation sites is 4. The molecule has 0 aliphatic rings. The van der Waals surface area contributed by atoms with E-state index in [0.717, 1.165) is 33.5 Å². The number of hydrogen-bond acceptors (Lipinski definition) is 6. The van der Waals surface area contributed by atoms with Crippen LogP contribution < -0.4 is 0 Å². The van der Waals surface area contributed by atoms with Gasteiger partial charge in [0.25, 0.3) is 0 Å². The van der Waals surface area contributed by atoms with Crippen LogP contribution in [0.2, 0.25) is 0 Å². The molecule has 0 unspecified atom stereocenters. The SMILES string of the molecule is Cc1ccc(-c2ccc3sc4ccccc4c3c2)cc1.Cc1ccc(-c2cccc3c2sc2ccccc23)cc1.Cc1cccc(-c2ccc3sc4ccccc4c3c2)c1.Cc1cccc(-c2cccc3c2oc2ccccc23)c1.Cc1ccccc1-c1ccc2sc3ccccc3c2c1.Cc1ccccc1-c1cccc2c1oc1ccccc12. The van der Waals surface area contributed by atoms with Gasteiger partial charge in [0.1, 0.15) is 22.3 Å². The highest BCUT2D eigenvalue weighted by Gasteiger charge is 2.17. The average Bonchev–Trinajstić information content (AvgIpc) is 1.66. The normalized spacial score (nSPS) is 11.2. The summed E-state index contributed by atoms with van der Waals surface area (Å²) in [5.41, 5.74) is 26.8. The summed E-state index contributed by atoms with van der Waals surface area (Å²) in [6.07, 6.45) is 0. The number of benzene rings is 18. The van der Waals surface area contributed by atoms with E-state index < -0.39 is 0 Å². The lowest BCUT2D eigenvalue weighted by atomic mass is 9.98. The molecule has 0 saturated heterocycles. The lowest BCUT2D eigenvalue weighted by molar-refractivity contribution is 0.669. The molecule has 0 bridgehead atoms. The van der Waals surface area contributed by atoms with Gasteiger partial charge in [-0.15, -0.1) is 45.3 Å². The fraction of sp³-hybridized carbons (Fsp3) is 0.0526. The number of hydrogen-bond donors (Lipinski definition) is 0.